The van der Waals surface area contributed by atoms with E-state index in [9.17, 15) is 14.7 Å². The number of amides is 1. The minimum Gasteiger partial charge on any atom is -0.481 e. The van der Waals surface area contributed by atoms with E-state index in [0.717, 1.165) is 0 Å². The average molecular weight is 293 g/mol. The van der Waals surface area contributed by atoms with Crippen molar-refractivity contribution in [3.8, 4) is 5.75 Å². The fourth-order valence-electron chi connectivity index (χ4n) is 2.43. The highest BCUT2D eigenvalue weighted by Crippen LogP contribution is 2.22. The van der Waals surface area contributed by atoms with Crippen molar-refractivity contribution in [1.82, 2.24) is 4.90 Å². The second kappa shape index (κ2) is 6.58. The molecule has 1 aromatic rings. The number of nitrogens with zero attached hydrogens (tertiary/aromatic N) is 1. The molecule has 1 heterocycles. The first-order valence-electron chi connectivity index (χ1n) is 6.80. The van der Waals surface area contributed by atoms with Crippen LogP contribution < -0.4 is 4.74 Å². The summed E-state index contributed by atoms with van der Waals surface area (Å²) in [7, 11) is 1.52. The fourth-order valence-corrected chi connectivity index (χ4v) is 2.43. The van der Waals surface area contributed by atoms with Crippen LogP contribution in [0.2, 0.25) is 0 Å². The van der Waals surface area contributed by atoms with Gasteiger partial charge in [0.05, 0.1) is 6.10 Å². The van der Waals surface area contributed by atoms with Gasteiger partial charge in [0.15, 0.2) is 6.10 Å². The van der Waals surface area contributed by atoms with Gasteiger partial charge in [-0.25, -0.2) is 4.79 Å². The number of hydrogen-bond acceptors (Lipinski definition) is 4. The maximum atomic E-state index is 12.4. The van der Waals surface area contributed by atoms with Gasteiger partial charge in [0.25, 0.3) is 5.91 Å². The molecule has 1 fully saturated rings. The molecule has 0 aromatic heterocycles. The zero-order valence-electron chi connectivity index (χ0n) is 12.1. The molecule has 3 atom stereocenters. The first kappa shape index (κ1) is 15.3. The third-order valence-corrected chi connectivity index (χ3v) is 3.57. The lowest BCUT2D eigenvalue weighted by atomic mass is 10.2. The van der Waals surface area contributed by atoms with Gasteiger partial charge in [0, 0.05) is 20.1 Å². The molecule has 1 aromatic carbocycles. The predicted octanol–water partition coefficient (Wildman–Crippen LogP) is 1.15. The van der Waals surface area contributed by atoms with Gasteiger partial charge in [-0.2, -0.15) is 0 Å². The van der Waals surface area contributed by atoms with Crippen molar-refractivity contribution in [3.63, 3.8) is 0 Å². The van der Waals surface area contributed by atoms with Crippen molar-refractivity contribution in [1.29, 1.82) is 0 Å². The number of likely N-dealkylation sites (tertiary alicyclic amines) is 1. The largest absolute Gasteiger partial charge is 0.481 e. The minimum atomic E-state index is -1.02. The van der Waals surface area contributed by atoms with Crippen LogP contribution in [0.4, 0.5) is 0 Å². The van der Waals surface area contributed by atoms with Gasteiger partial charge >= 0.3 is 5.97 Å². The second-order valence-corrected chi connectivity index (χ2v) is 5.01. The van der Waals surface area contributed by atoms with E-state index in [1.54, 1.807) is 19.1 Å². The molecule has 0 saturated carbocycles. The molecule has 0 aliphatic carbocycles. The van der Waals surface area contributed by atoms with Crippen molar-refractivity contribution in [2.75, 3.05) is 13.7 Å². The molecule has 1 N–H and O–H groups in total. The van der Waals surface area contributed by atoms with E-state index in [4.69, 9.17) is 9.47 Å². The van der Waals surface area contributed by atoms with Gasteiger partial charge in [0.2, 0.25) is 0 Å². The Balaban J connectivity index is 2.05. The predicted molar refractivity (Wildman–Crippen MR) is 75.1 cm³/mol. The molecule has 0 spiro atoms. The molecular formula is C15H19NO5. The topological polar surface area (TPSA) is 76.1 Å². The molecule has 6 nitrogen and oxygen atoms in total. The second-order valence-electron chi connectivity index (χ2n) is 5.01. The summed E-state index contributed by atoms with van der Waals surface area (Å²) in [5.41, 5.74) is 0. The number of rotatable bonds is 5. The standard InChI is InChI=1S/C15H19NO5/c1-10(21-11-6-4-3-5-7-11)14(17)16-9-12(20-2)8-13(16)15(18)19/h3-7,10,12-13H,8-9H2,1-2H3,(H,18,19). The Morgan fingerprint density at radius 3 is 2.57 bits per heavy atom. The lowest BCUT2D eigenvalue weighted by molar-refractivity contribution is -0.150. The van der Waals surface area contributed by atoms with Gasteiger partial charge < -0.3 is 19.5 Å². The number of carbonyl (C=O) groups excluding carboxylic acids is 1. The van der Waals surface area contributed by atoms with Gasteiger partial charge in [-0.05, 0) is 19.1 Å². The summed E-state index contributed by atoms with van der Waals surface area (Å²) in [4.78, 5) is 25.0. The van der Waals surface area contributed by atoms with E-state index >= 15 is 0 Å². The van der Waals surface area contributed by atoms with Crippen LogP contribution in [-0.2, 0) is 14.3 Å². The lowest BCUT2D eigenvalue weighted by Crippen LogP contribution is -2.46. The maximum absolute atomic E-state index is 12.4. The molecule has 1 aliphatic heterocycles. The number of ether oxygens (including phenoxy) is 2. The highest BCUT2D eigenvalue weighted by atomic mass is 16.5. The van der Waals surface area contributed by atoms with Gasteiger partial charge in [-0.1, -0.05) is 18.2 Å². The summed E-state index contributed by atoms with van der Waals surface area (Å²) in [6, 6.07) is 8.11. The number of methoxy groups -OCH3 is 1. The van der Waals surface area contributed by atoms with Gasteiger partial charge in [-0.3, -0.25) is 4.79 Å². The Morgan fingerprint density at radius 1 is 1.33 bits per heavy atom. The zero-order valence-corrected chi connectivity index (χ0v) is 12.1. The quantitative estimate of drug-likeness (QED) is 0.881. The van der Waals surface area contributed by atoms with Gasteiger partial charge in [0.1, 0.15) is 11.8 Å². The summed E-state index contributed by atoms with van der Waals surface area (Å²) >= 11 is 0. The van der Waals surface area contributed by atoms with Crippen molar-refractivity contribution in [2.24, 2.45) is 0 Å². The van der Waals surface area contributed by atoms with Crippen molar-refractivity contribution in [3.05, 3.63) is 30.3 Å². The smallest absolute Gasteiger partial charge is 0.326 e. The van der Waals surface area contributed by atoms with Crippen molar-refractivity contribution in [2.45, 2.75) is 31.6 Å². The van der Waals surface area contributed by atoms with Crippen LogP contribution in [0.1, 0.15) is 13.3 Å². The third kappa shape index (κ3) is 3.52. The van der Waals surface area contributed by atoms with Crippen molar-refractivity contribution >= 4 is 11.9 Å². The summed E-state index contributed by atoms with van der Waals surface area (Å²) in [6.45, 7) is 1.89. The number of carbonyl (C=O) groups is 2. The highest BCUT2D eigenvalue weighted by molar-refractivity contribution is 5.87. The molecular weight excluding hydrogens is 274 g/mol. The Labute approximate surface area is 123 Å². The molecule has 6 heteroatoms. The number of aliphatic carboxylic acids is 1. The maximum Gasteiger partial charge on any atom is 0.326 e. The number of carboxylic acid groups (broad SMARTS) is 1. The van der Waals surface area contributed by atoms with Crippen molar-refractivity contribution < 1.29 is 24.2 Å². The van der Waals surface area contributed by atoms with Crippen LogP contribution in [0.5, 0.6) is 5.75 Å². The molecule has 0 bridgehead atoms. The minimum absolute atomic E-state index is 0.251. The fraction of sp³-hybridized carbons (Fsp3) is 0.467. The van der Waals surface area contributed by atoms with Crippen LogP contribution in [0.15, 0.2) is 30.3 Å². The Bertz CT molecular complexity index is 504. The molecule has 21 heavy (non-hydrogen) atoms. The number of para-hydroxylation sites is 1. The van der Waals surface area contributed by atoms with Crippen LogP contribution in [0.3, 0.4) is 0 Å². The monoisotopic (exact) mass is 293 g/mol. The van der Waals surface area contributed by atoms with E-state index in [1.807, 2.05) is 18.2 Å². The molecule has 1 amide bonds. The van der Waals surface area contributed by atoms with E-state index in [2.05, 4.69) is 0 Å². The number of carboxylic acids is 1. The molecule has 1 aliphatic rings. The molecule has 1 saturated heterocycles. The van der Waals surface area contributed by atoms with Crippen LogP contribution in [0, 0.1) is 0 Å². The molecule has 114 valence electrons. The number of benzene rings is 1. The van der Waals surface area contributed by atoms with Crippen LogP contribution in [-0.4, -0.2) is 53.8 Å². The Morgan fingerprint density at radius 2 is 2.00 bits per heavy atom. The first-order chi connectivity index (χ1) is 10.0. The summed E-state index contributed by atoms with van der Waals surface area (Å²) in [6.07, 6.45) is -0.695. The normalized spacial score (nSPS) is 22.9. The molecule has 0 radical (unpaired) electrons. The summed E-state index contributed by atoms with van der Waals surface area (Å²) in [5.74, 6) is -0.784. The van der Waals surface area contributed by atoms with E-state index in [1.165, 1.54) is 12.0 Å². The summed E-state index contributed by atoms with van der Waals surface area (Å²) in [5, 5.41) is 9.23. The number of hydrogen-bond donors (Lipinski definition) is 1. The lowest BCUT2D eigenvalue weighted by Gasteiger charge is -2.25. The average Bonchev–Trinajstić information content (AvgIpc) is 2.92. The van der Waals surface area contributed by atoms with Gasteiger partial charge in [-0.15, -0.1) is 0 Å². The zero-order chi connectivity index (χ0) is 15.4. The van der Waals surface area contributed by atoms with Crippen LogP contribution >= 0.6 is 0 Å². The van der Waals surface area contributed by atoms with Crippen LogP contribution in [0.25, 0.3) is 0 Å². The SMILES string of the molecule is COC1CC(C(=O)O)N(C(=O)C(C)Oc2ccccc2)C1. The third-order valence-electron chi connectivity index (χ3n) is 3.57. The van der Waals surface area contributed by atoms with E-state index in [-0.39, 0.29) is 18.6 Å². The molecule has 3 unspecified atom stereocenters. The summed E-state index contributed by atoms with van der Waals surface area (Å²) < 4.78 is 10.7. The van der Waals surface area contributed by atoms with E-state index in [0.29, 0.717) is 12.2 Å². The Kier molecular flexibility index (Phi) is 4.80. The Hall–Kier alpha value is -2.08. The molecule has 2 rings (SSSR count). The highest BCUT2D eigenvalue weighted by Gasteiger charge is 2.41. The van der Waals surface area contributed by atoms with E-state index < -0.39 is 18.1 Å². The first-order valence-corrected chi connectivity index (χ1v) is 6.80.